The van der Waals surface area contributed by atoms with Gasteiger partial charge in [-0.3, -0.25) is 4.79 Å². The standard InChI is InChI=1S/C16H16Cl2N2O/c1-3-10(2)12-6-4-5-7-13(12)19-16(21)11-8-14(17)20-15(18)9-11/h4-10H,3H2,1-2H3,(H,19,21). The van der Waals surface area contributed by atoms with E-state index in [1.54, 1.807) is 0 Å². The van der Waals surface area contributed by atoms with Gasteiger partial charge in [0.15, 0.2) is 0 Å². The van der Waals surface area contributed by atoms with Crippen molar-refractivity contribution < 1.29 is 4.79 Å². The minimum Gasteiger partial charge on any atom is -0.322 e. The summed E-state index contributed by atoms with van der Waals surface area (Å²) < 4.78 is 0. The van der Waals surface area contributed by atoms with Crippen LogP contribution in [0.3, 0.4) is 0 Å². The predicted octanol–water partition coefficient (Wildman–Crippen LogP) is 5.15. The van der Waals surface area contributed by atoms with E-state index in [9.17, 15) is 4.79 Å². The quantitative estimate of drug-likeness (QED) is 0.790. The second-order valence-corrected chi connectivity index (χ2v) is 5.63. The lowest BCUT2D eigenvalue weighted by Crippen LogP contribution is -2.14. The van der Waals surface area contributed by atoms with Gasteiger partial charge >= 0.3 is 0 Å². The molecular weight excluding hydrogens is 307 g/mol. The number of amides is 1. The molecule has 0 spiro atoms. The van der Waals surface area contributed by atoms with E-state index in [-0.39, 0.29) is 16.2 Å². The van der Waals surface area contributed by atoms with Gasteiger partial charge in [0.05, 0.1) is 0 Å². The molecule has 0 aliphatic heterocycles. The zero-order chi connectivity index (χ0) is 15.4. The fourth-order valence-corrected chi connectivity index (χ4v) is 2.51. The Morgan fingerprint density at radius 3 is 2.48 bits per heavy atom. The van der Waals surface area contributed by atoms with E-state index in [4.69, 9.17) is 23.2 Å². The number of hydrogen-bond donors (Lipinski definition) is 1. The van der Waals surface area contributed by atoms with E-state index in [0.717, 1.165) is 17.7 Å². The Morgan fingerprint density at radius 1 is 1.24 bits per heavy atom. The molecule has 2 rings (SSSR count). The van der Waals surface area contributed by atoms with E-state index in [0.29, 0.717) is 11.5 Å². The van der Waals surface area contributed by atoms with Gasteiger partial charge in [-0.25, -0.2) is 4.98 Å². The third kappa shape index (κ3) is 3.96. The normalized spacial score (nSPS) is 12.0. The summed E-state index contributed by atoms with van der Waals surface area (Å²) in [5.74, 6) is 0.114. The average molecular weight is 323 g/mol. The van der Waals surface area contributed by atoms with E-state index < -0.39 is 0 Å². The summed E-state index contributed by atoms with van der Waals surface area (Å²) in [5, 5.41) is 3.31. The van der Waals surface area contributed by atoms with Gasteiger partial charge in [-0.2, -0.15) is 0 Å². The molecule has 3 nitrogen and oxygen atoms in total. The molecule has 21 heavy (non-hydrogen) atoms. The molecule has 1 N–H and O–H groups in total. The maximum atomic E-state index is 12.3. The molecule has 110 valence electrons. The molecule has 0 bridgehead atoms. The molecule has 2 aromatic rings. The number of para-hydroxylation sites is 1. The molecule has 0 aliphatic rings. The zero-order valence-corrected chi connectivity index (χ0v) is 13.4. The second kappa shape index (κ2) is 6.92. The average Bonchev–Trinajstić information content (AvgIpc) is 2.46. The molecule has 0 radical (unpaired) electrons. The van der Waals surface area contributed by atoms with Crippen molar-refractivity contribution in [2.75, 3.05) is 5.32 Å². The van der Waals surface area contributed by atoms with Gasteiger partial charge in [0, 0.05) is 11.3 Å². The monoisotopic (exact) mass is 322 g/mol. The predicted molar refractivity (Wildman–Crippen MR) is 87.4 cm³/mol. The van der Waals surface area contributed by atoms with Crippen LogP contribution in [0.2, 0.25) is 10.3 Å². The van der Waals surface area contributed by atoms with Gasteiger partial charge in [0.25, 0.3) is 5.91 Å². The number of halogens is 2. The fourth-order valence-electron chi connectivity index (χ4n) is 2.05. The van der Waals surface area contributed by atoms with Crippen LogP contribution in [0.5, 0.6) is 0 Å². The Labute approximate surface area is 134 Å². The van der Waals surface area contributed by atoms with Crippen LogP contribution < -0.4 is 5.32 Å². The number of aromatic nitrogens is 1. The van der Waals surface area contributed by atoms with E-state index in [1.807, 2.05) is 24.3 Å². The molecule has 1 atom stereocenters. The van der Waals surface area contributed by atoms with Crippen molar-refractivity contribution >= 4 is 34.8 Å². The molecule has 1 amide bonds. The Bertz CT molecular complexity index is 638. The summed E-state index contributed by atoms with van der Waals surface area (Å²) >= 11 is 11.7. The van der Waals surface area contributed by atoms with Crippen LogP contribution in [-0.2, 0) is 0 Å². The van der Waals surface area contributed by atoms with E-state index in [2.05, 4.69) is 24.1 Å². The number of nitrogens with zero attached hydrogens (tertiary/aromatic N) is 1. The second-order valence-electron chi connectivity index (χ2n) is 4.85. The Balaban J connectivity index is 2.27. The summed E-state index contributed by atoms with van der Waals surface area (Å²) in [7, 11) is 0. The first-order valence-electron chi connectivity index (χ1n) is 6.74. The van der Waals surface area contributed by atoms with Crippen molar-refractivity contribution in [3.63, 3.8) is 0 Å². The lowest BCUT2D eigenvalue weighted by Gasteiger charge is -2.15. The highest BCUT2D eigenvalue weighted by atomic mass is 35.5. The maximum absolute atomic E-state index is 12.3. The highest BCUT2D eigenvalue weighted by Gasteiger charge is 2.13. The van der Waals surface area contributed by atoms with Crippen LogP contribution in [0.4, 0.5) is 5.69 Å². The van der Waals surface area contributed by atoms with E-state index >= 15 is 0 Å². The van der Waals surface area contributed by atoms with Crippen molar-refractivity contribution in [3.8, 4) is 0 Å². The van der Waals surface area contributed by atoms with Crippen LogP contribution in [-0.4, -0.2) is 10.9 Å². The van der Waals surface area contributed by atoms with Gasteiger partial charge in [-0.1, -0.05) is 55.2 Å². The van der Waals surface area contributed by atoms with Crippen molar-refractivity contribution in [3.05, 3.63) is 57.8 Å². The Kier molecular flexibility index (Phi) is 5.21. The maximum Gasteiger partial charge on any atom is 0.255 e. The van der Waals surface area contributed by atoms with Gasteiger partial charge in [0.1, 0.15) is 10.3 Å². The Hall–Kier alpha value is -1.58. The Morgan fingerprint density at radius 2 is 1.86 bits per heavy atom. The summed E-state index contributed by atoms with van der Waals surface area (Å²) in [6.45, 7) is 4.25. The third-order valence-corrected chi connectivity index (χ3v) is 3.76. The highest BCUT2D eigenvalue weighted by Crippen LogP contribution is 2.27. The molecule has 5 heteroatoms. The SMILES string of the molecule is CCC(C)c1ccccc1NC(=O)c1cc(Cl)nc(Cl)c1. The molecule has 1 aromatic carbocycles. The topological polar surface area (TPSA) is 42.0 Å². The number of anilines is 1. The smallest absolute Gasteiger partial charge is 0.255 e. The first-order valence-corrected chi connectivity index (χ1v) is 7.50. The number of rotatable bonds is 4. The van der Waals surface area contributed by atoms with Gasteiger partial charge < -0.3 is 5.32 Å². The molecule has 1 heterocycles. The van der Waals surface area contributed by atoms with Crippen molar-refractivity contribution in [2.45, 2.75) is 26.2 Å². The number of benzene rings is 1. The van der Waals surface area contributed by atoms with Crippen LogP contribution in [0.25, 0.3) is 0 Å². The third-order valence-electron chi connectivity index (χ3n) is 3.38. The van der Waals surface area contributed by atoms with E-state index in [1.165, 1.54) is 12.1 Å². The molecule has 1 unspecified atom stereocenters. The van der Waals surface area contributed by atoms with Gasteiger partial charge in [-0.15, -0.1) is 0 Å². The molecule has 0 saturated heterocycles. The number of carbonyl (C=O) groups excluding carboxylic acids is 1. The lowest BCUT2D eigenvalue weighted by molar-refractivity contribution is 0.102. The molecule has 0 aliphatic carbocycles. The van der Waals surface area contributed by atoms with Crippen LogP contribution in [0.1, 0.15) is 42.1 Å². The lowest BCUT2D eigenvalue weighted by atomic mass is 9.97. The summed E-state index contributed by atoms with van der Waals surface area (Å²) in [6.07, 6.45) is 1.000. The highest BCUT2D eigenvalue weighted by molar-refractivity contribution is 6.33. The number of pyridine rings is 1. The fraction of sp³-hybridized carbons (Fsp3) is 0.250. The summed E-state index contributed by atoms with van der Waals surface area (Å²) in [5.41, 5.74) is 2.31. The van der Waals surface area contributed by atoms with Crippen molar-refractivity contribution in [2.24, 2.45) is 0 Å². The van der Waals surface area contributed by atoms with Crippen molar-refractivity contribution in [1.29, 1.82) is 0 Å². The number of nitrogens with one attached hydrogen (secondary N) is 1. The van der Waals surface area contributed by atoms with Crippen LogP contribution in [0.15, 0.2) is 36.4 Å². The molecular formula is C16H16Cl2N2O. The minimum atomic E-state index is -0.253. The number of hydrogen-bond acceptors (Lipinski definition) is 2. The summed E-state index contributed by atoms with van der Waals surface area (Å²) in [6, 6.07) is 10.8. The van der Waals surface area contributed by atoms with Crippen molar-refractivity contribution in [1.82, 2.24) is 4.98 Å². The van der Waals surface area contributed by atoms with Crippen LogP contribution >= 0.6 is 23.2 Å². The van der Waals surface area contributed by atoms with Gasteiger partial charge in [-0.05, 0) is 36.1 Å². The first kappa shape index (κ1) is 15.8. The molecule has 0 saturated carbocycles. The molecule has 1 aromatic heterocycles. The minimum absolute atomic E-state index is 0.197. The zero-order valence-electron chi connectivity index (χ0n) is 11.9. The largest absolute Gasteiger partial charge is 0.322 e. The number of carbonyl (C=O) groups is 1. The van der Waals surface area contributed by atoms with Gasteiger partial charge in [0.2, 0.25) is 0 Å². The first-order chi connectivity index (χ1) is 10.0. The molecule has 0 fully saturated rings. The van der Waals surface area contributed by atoms with Crippen LogP contribution in [0, 0.1) is 0 Å². The summed E-state index contributed by atoms with van der Waals surface area (Å²) in [4.78, 5) is 16.2.